The second-order valence-electron chi connectivity index (χ2n) is 8.79. The van der Waals surface area contributed by atoms with Gasteiger partial charge in [0.15, 0.2) is 5.96 Å². The standard InChI is InChI=1S/C22H32N4O/c1-23-21(25-19-18-10-14-27-20(18)22(19)11-6-12-22)24-16-7-5-13-26(15-16)17-8-3-2-4-9-17/h2-4,8-9,16,18-20H,5-7,10-15H2,1H3,(H2,23,24,25). The summed E-state index contributed by atoms with van der Waals surface area (Å²) in [5.41, 5.74) is 1.71. The van der Waals surface area contributed by atoms with Crippen LogP contribution in [0.2, 0.25) is 0 Å². The fourth-order valence-electron chi connectivity index (χ4n) is 5.94. The zero-order valence-corrected chi connectivity index (χ0v) is 16.4. The highest BCUT2D eigenvalue weighted by Gasteiger charge is 2.66. The Morgan fingerprint density at radius 1 is 1.15 bits per heavy atom. The molecule has 0 aromatic heterocycles. The molecule has 0 bridgehead atoms. The fourth-order valence-corrected chi connectivity index (χ4v) is 5.94. The van der Waals surface area contributed by atoms with Gasteiger partial charge in [0, 0.05) is 55.8 Å². The summed E-state index contributed by atoms with van der Waals surface area (Å²) in [6.07, 6.45) is 8.11. The maximum Gasteiger partial charge on any atom is 0.191 e. The monoisotopic (exact) mass is 368 g/mol. The van der Waals surface area contributed by atoms with Crippen LogP contribution in [-0.2, 0) is 4.74 Å². The molecule has 2 aliphatic carbocycles. The Labute approximate surface area is 162 Å². The predicted molar refractivity (Wildman–Crippen MR) is 109 cm³/mol. The molecule has 1 spiro atoms. The number of benzene rings is 1. The van der Waals surface area contributed by atoms with E-state index in [2.05, 4.69) is 50.9 Å². The van der Waals surface area contributed by atoms with Crippen LogP contribution in [0.4, 0.5) is 5.69 Å². The highest BCUT2D eigenvalue weighted by molar-refractivity contribution is 5.80. The molecule has 5 heteroatoms. The van der Waals surface area contributed by atoms with Crippen molar-refractivity contribution in [3.05, 3.63) is 30.3 Å². The first-order valence-corrected chi connectivity index (χ1v) is 10.7. The third kappa shape index (κ3) is 2.91. The van der Waals surface area contributed by atoms with Gasteiger partial charge in [-0.2, -0.15) is 0 Å². The number of anilines is 1. The maximum atomic E-state index is 6.06. The zero-order valence-electron chi connectivity index (χ0n) is 16.4. The van der Waals surface area contributed by atoms with E-state index in [4.69, 9.17) is 4.74 Å². The Kier molecular flexibility index (Phi) is 4.50. The molecule has 2 N–H and O–H groups in total. The minimum absolute atomic E-state index is 0.390. The van der Waals surface area contributed by atoms with Gasteiger partial charge in [0.05, 0.1) is 6.10 Å². The van der Waals surface area contributed by atoms with E-state index in [1.54, 1.807) is 0 Å². The van der Waals surface area contributed by atoms with E-state index in [0.29, 0.717) is 29.5 Å². The molecule has 5 nitrogen and oxygen atoms in total. The van der Waals surface area contributed by atoms with E-state index in [1.807, 2.05) is 7.05 Å². The molecule has 4 aliphatic rings. The van der Waals surface area contributed by atoms with Gasteiger partial charge in [-0.15, -0.1) is 0 Å². The number of piperidine rings is 1. The Morgan fingerprint density at radius 2 is 2.00 bits per heavy atom. The number of rotatable bonds is 3. The van der Waals surface area contributed by atoms with Gasteiger partial charge < -0.3 is 20.3 Å². The van der Waals surface area contributed by atoms with Crippen LogP contribution >= 0.6 is 0 Å². The van der Waals surface area contributed by atoms with Crippen molar-refractivity contribution in [3.8, 4) is 0 Å². The van der Waals surface area contributed by atoms with E-state index in [-0.39, 0.29) is 0 Å². The summed E-state index contributed by atoms with van der Waals surface area (Å²) in [6, 6.07) is 11.7. The molecule has 4 atom stereocenters. The van der Waals surface area contributed by atoms with Gasteiger partial charge in [0.2, 0.25) is 0 Å². The van der Waals surface area contributed by atoms with Gasteiger partial charge in [0.1, 0.15) is 0 Å². The maximum absolute atomic E-state index is 6.06. The van der Waals surface area contributed by atoms with Crippen molar-refractivity contribution in [3.63, 3.8) is 0 Å². The van der Waals surface area contributed by atoms with Crippen LogP contribution in [0.25, 0.3) is 0 Å². The van der Waals surface area contributed by atoms with Gasteiger partial charge in [-0.05, 0) is 44.2 Å². The van der Waals surface area contributed by atoms with E-state index in [1.165, 1.54) is 44.2 Å². The third-order valence-electron chi connectivity index (χ3n) is 7.44. The summed E-state index contributed by atoms with van der Waals surface area (Å²) < 4.78 is 6.06. The number of hydrogen-bond donors (Lipinski definition) is 2. The molecule has 2 heterocycles. The third-order valence-corrected chi connectivity index (χ3v) is 7.44. The van der Waals surface area contributed by atoms with Crippen LogP contribution in [0.3, 0.4) is 0 Å². The summed E-state index contributed by atoms with van der Waals surface area (Å²) in [5, 5.41) is 7.54. The van der Waals surface area contributed by atoms with Crippen molar-refractivity contribution in [2.75, 3.05) is 31.6 Å². The van der Waals surface area contributed by atoms with Crippen LogP contribution in [0, 0.1) is 11.3 Å². The molecule has 5 rings (SSSR count). The normalized spacial score (nSPS) is 34.6. The first-order chi connectivity index (χ1) is 13.3. The predicted octanol–water partition coefficient (Wildman–Crippen LogP) is 2.78. The number of nitrogens with zero attached hydrogens (tertiary/aromatic N) is 2. The second kappa shape index (κ2) is 7.01. The molecule has 2 saturated carbocycles. The smallest absolute Gasteiger partial charge is 0.191 e. The van der Waals surface area contributed by atoms with Gasteiger partial charge in [0.25, 0.3) is 0 Å². The lowest BCUT2D eigenvalue weighted by Gasteiger charge is -2.63. The van der Waals surface area contributed by atoms with E-state index in [0.717, 1.165) is 25.7 Å². The zero-order chi connectivity index (χ0) is 18.3. The quantitative estimate of drug-likeness (QED) is 0.636. The average Bonchev–Trinajstić information content (AvgIpc) is 3.10. The summed E-state index contributed by atoms with van der Waals surface area (Å²) in [6.45, 7) is 3.12. The van der Waals surface area contributed by atoms with Gasteiger partial charge >= 0.3 is 0 Å². The number of aliphatic imine (C=N–C) groups is 1. The second-order valence-corrected chi connectivity index (χ2v) is 8.79. The van der Waals surface area contributed by atoms with Crippen molar-refractivity contribution >= 4 is 11.6 Å². The Balaban J connectivity index is 1.22. The molecular weight excluding hydrogens is 336 g/mol. The topological polar surface area (TPSA) is 48.9 Å². The summed E-state index contributed by atoms with van der Waals surface area (Å²) >= 11 is 0. The van der Waals surface area contributed by atoms with Gasteiger partial charge in [-0.3, -0.25) is 4.99 Å². The summed E-state index contributed by atoms with van der Waals surface area (Å²) in [4.78, 5) is 7.07. The molecule has 1 aromatic rings. The molecule has 1 aromatic carbocycles. The summed E-state index contributed by atoms with van der Waals surface area (Å²) in [5.74, 6) is 1.66. The molecule has 0 radical (unpaired) electrons. The SMILES string of the molecule is CN=C(NC1CCCN(c2ccccc2)C1)NC1C2CCOC2C12CCC2. The first-order valence-electron chi connectivity index (χ1n) is 10.7. The summed E-state index contributed by atoms with van der Waals surface area (Å²) in [7, 11) is 1.90. The Hall–Kier alpha value is -1.75. The average molecular weight is 369 g/mol. The number of para-hydroxylation sites is 1. The van der Waals surface area contributed by atoms with E-state index in [9.17, 15) is 0 Å². The lowest BCUT2D eigenvalue weighted by Crippen LogP contribution is -2.73. The van der Waals surface area contributed by atoms with E-state index < -0.39 is 0 Å². The lowest BCUT2D eigenvalue weighted by molar-refractivity contribution is -0.171. The highest BCUT2D eigenvalue weighted by Crippen LogP contribution is 2.62. The number of guanidine groups is 1. The van der Waals surface area contributed by atoms with Crippen LogP contribution < -0.4 is 15.5 Å². The van der Waals surface area contributed by atoms with Crippen molar-refractivity contribution in [1.82, 2.24) is 10.6 Å². The molecule has 27 heavy (non-hydrogen) atoms. The molecule has 146 valence electrons. The van der Waals surface area contributed by atoms with Crippen molar-refractivity contribution in [1.29, 1.82) is 0 Å². The van der Waals surface area contributed by atoms with E-state index >= 15 is 0 Å². The van der Waals surface area contributed by atoms with Crippen molar-refractivity contribution in [2.24, 2.45) is 16.3 Å². The minimum atomic E-state index is 0.390. The first kappa shape index (κ1) is 17.4. The molecule has 0 amide bonds. The van der Waals surface area contributed by atoms with Crippen LogP contribution in [-0.4, -0.2) is 50.9 Å². The molecule has 2 aliphatic heterocycles. The number of ether oxygens (including phenoxy) is 1. The van der Waals surface area contributed by atoms with Crippen molar-refractivity contribution < 1.29 is 4.74 Å². The number of hydrogen-bond acceptors (Lipinski definition) is 3. The van der Waals surface area contributed by atoms with Crippen LogP contribution in [0.15, 0.2) is 35.3 Å². The molecular formula is C22H32N4O. The number of nitrogens with one attached hydrogen (secondary N) is 2. The van der Waals surface area contributed by atoms with Crippen molar-refractivity contribution in [2.45, 2.75) is 56.7 Å². The fraction of sp³-hybridized carbons (Fsp3) is 0.682. The minimum Gasteiger partial charge on any atom is -0.377 e. The lowest BCUT2D eigenvalue weighted by atomic mass is 9.46. The molecule has 4 fully saturated rings. The molecule has 2 saturated heterocycles. The molecule has 4 unspecified atom stereocenters. The Bertz CT molecular complexity index is 687. The Morgan fingerprint density at radius 3 is 2.74 bits per heavy atom. The van der Waals surface area contributed by atoms with Gasteiger partial charge in [-0.1, -0.05) is 24.6 Å². The van der Waals surface area contributed by atoms with Crippen LogP contribution in [0.5, 0.6) is 0 Å². The highest BCUT2D eigenvalue weighted by atomic mass is 16.5. The number of fused-ring (bicyclic) bond motifs is 2. The van der Waals surface area contributed by atoms with Gasteiger partial charge in [-0.25, -0.2) is 0 Å². The van der Waals surface area contributed by atoms with Crippen LogP contribution in [0.1, 0.15) is 38.5 Å². The largest absolute Gasteiger partial charge is 0.377 e.